The monoisotopic (exact) mass is 393 g/mol. The lowest BCUT2D eigenvalue weighted by atomic mass is 10.1. The van der Waals surface area contributed by atoms with Gasteiger partial charge in [-0.3, -0.25) is 14.5 Å². The van der Waals surface area contributed by atoms with Crippen molar-refractivity contribution in [2.45, 2.75) is 6.42 Å². The Balaban J connectivity index is 1.55. The van der Waals surface area contributed by atoms with Crippen LogP contribution >= 0.6 is 11.3 Å². The Bertz CT molecular complexity index is 1110. The number of aromatic nitrogens is 4. The molecule has 4 rings (SSSR count). The highest BCUT2D eigenvalue weighted by atomic mass is 32.1. The van der Waals surface area contributed by atoms with E-state index in [4.69, 9.17) is 0 Å². The molecule has 0 saturated heterocycles. The first-order valence-corrected chi connectivity index (χ1v) is 9.41. The van der Waals surface area contributed by atoms with Crippen LogP contribution < -0.4 is 5.32 Å². The molecule has 4 aromatic rings. The van der Waals surface area contributed by atoms with E-state index in [9.17, 15) is 9.18 Å². The molecule has 0 fully saturated rings. The van der Waals surface area contributed by atoms with Crippen molar-refractivity contribution in [3.05, 3.63) is 71.7 Å². The first kappa shape index (κ1) is 18.0. The van der Waals surface area contributed by atoms with Crippen LogP contribution in [0, 0.1) is 5.82 Å². The molecule has 1 N–H and O–H groups in total. The van der Waals surface area contributed by atoms with Gasteiger partial charge in [0.15, 0.2) is 5.13 Å². The number of nitrogens with zero attached hydrogens (tertiary/aromatic N) is 4. The van der Waals surface area contributed by atoms with Crippen LogP contribution in [-0.4, -0.2) is 25.7 Å². The van der Waals surface area contributed by atoms with Gasteiger partial charge in [0.1, 0.15) is 11.5 Å². The van der Waals surface area contributed by atoms with Gasteiger partial charge < -0.3 is 5.32 Å². The average Bonchev–Trinajstić information content (AvgIpc) is 3.29. The van der Waals surface area contributed by atoms with Gasteiger partial charge in [-0.1, -0.05) is 6.07 Å². The van der Waals surface area contributed by atoms with Gasteiger partial charge >= 0.3 is 0 Å². The summed E-state index contributed by atoms with van der Waals surface area (Å²) in [7, 11) is 1.82. The summed E-state index contributed by atoms with van der Waals surface area (Å²) in [6.07, 6.45) is 5.42. The summed E-state index contributed by atoms with van der Waals surface area (Å²) in [6, 6.07) is 9.82. The lowest BCUT2D eigenvalue weighted by Gasteiger charge is -2.02. The van der Waals surface area contributed by atoms with Gasteiger partial charge in [0, 0.05) is 42.1 Å². The number of amides is 1. The maximum atomic E-state index is 13.2. The number of carbonyl (C=O) groups is 1. The van der Waals surface area contributed by atoms with Crippen molar-refractivity contribution < 1.29 is 9.18 Å². The summed E-state index contributed by atoms with van der Waals surface area (Å²) < 4.78 is 14.9. The van der Waals surface area contributed by atoms with Gasteiger partial charge in [-0.25, -0.2) is 9.37 Å². The summed E-state index contributed by atoms with van der Waals surface area (Å²) >= 11 is 1.34. The SMILES string of the molecule is Cn1cc(-c2csc(NC(=O)Cc3cccnc3)n2)c(-c2ccc(F)cc2)n1. The minimum Gasteiger partial charge on any atom is -0.302 e. The largest absolute Gasteiger partial charge is 0.302 e. The third kappa shape index (κ3) is 3.96. The van der Waals surface area contributed by atoms with E-state index in [-0.39, 0.29) is 18.1 Å². The van der Waals surface area contributed by atoms with Gasteiger partial charge in [-0.2, -0.15) is 5.10 Å². The van der Waals surface area contributed by atoms with Crippen LogP contribution in [0.2, 0.25) is 0 Å². The van der Waals surface area contributed by atoms with E-state index in [1.54, 1.807) is 35.3 Å². The summed E-state index contributed by atoms with van der Waals surface area (Å²) in [5.74, 6) is -0.452. The van der Waals surface area contributed by atoms with Crippen molar-refractivity contribution in [2.75, 3.05) is 5.32 Å². The van der Waals surface area contributed by atoms with Crippen LogP contribution in [0.4, 0.5) is 9.52 Å². The molecule has 28 heavy (non-hydrogen) atoms. The van der Waals surface area contributed by atoms with Gasteiger partial charge in [-0.05, 0) is 35.9 Å². The molecule has 0 aliphatic carbocycles. The third-order valence-corrected chi connectivity index (χ3v) is 4.82. The molecular formula is C20H16FN5OS. The Morgan fingerprint density at radius 2 is 2.07 bits per heavy atom. The molecule has 0 aliphatic heterocycles. The lowest BCUT2D eigenvalue weighted by Crippen LogP contribution is -2.14. The highest BCUT2D eigenvalue weighted by molar-refractivity contribution is 7.14. The molecule has 140 valence electrons. The van der Waals surface area contributed by atoms with Gasteiger partial charge in [0.05, 0.1) is 12.1 Å². The van der Waals surface area contributed by atoms with Crippen LogP contribution in [0.5, 0.6) is 0 Å². The van der Waals surface area contributed by atoms with E-state index in [0.717, 1.165) is 16.7 Å². The fourth-order valence-electron chi connectivity index (χ4n) is 2.80. The third-order valence-electron chi connectivity index (χ3n) is 4.06. The fourth-order valence-corrected chi connectivity index (χ4v) is 3.53. The van der Waals surface area contributed by atoms with Crippen LogP contribution in [0.1, 0.15) is 5.56 Å². The van der Waals surface area contributed by atoms with Crippen LogP contribution in [0.15, 0.2) is 60.4 Å². The number of thiazole rings is 1. The Morgan fingerprint density at radius 1 is 1.25 bits per heavy atom. The van der Waals surface area contributed by atoms with Crippen LogP contribution in [0.25, 0.3) is 22.5 Å². The second-order valence-electron chi connectivity index (χ2n) is 6.20. The predicted molar refractivity (Wildman–Crippen MR) is 106 cm³/mol. The molecule has 0 unspecified atom stereocenters. The van der Waals surface area contributed by atoms with Crippen LogP contribution in [0.3, 0.4) is 0 Å². The van der Waals surface area contributed by atoms with Crippen molar-refractivity contribution in [3.63, 3.8) is 0 Å². The van der Waals surface area contributed by atoms with E-state index >= 15 is 0 Å². The molecule has 0 spiro atoms. The summed E-state index contributed by atoms with van der Waals surface area (Å²) in [5.41, 5.74) is 3.86. The van der Waals surface area contributed by atoms with Crippen molar-refractivity contribution in [2.24, 2.45) is 7.05 Å². The molecule has 0 atom stereocenters. The average molecular weight is 393 g/mol. The molecule has 0 saturated carbocycles. The van der Waals surface area contributed by atoms with E-state index in [1.165, 1.54) is 23.5 Å². The van der Waals surface area contributed by atoms with E-state index in [0.29, 0.717) is 16.5 Å². The van der Waals surface area contributed by atoms with Crippen molar-refractivity contribution in [3.8, 4) is 22.5 Å². The molecule has 8 heteroatoms. The number of nitrogens with one attached hydrogen (secondary N) is 1. The number of hydrogen-bond donors (Lipinski definition) is 1. The van der Waals surface area contributed by atoms with Crippen molar-refractivity contribution >= 4 is 22.4 Å². The number of rotatable bonds is 5. The van der Waals surface area contributed by atoms with E-state index in [2.05, 4.69) is 20.4 Å². The standard InChI is InChI=1S/C20H16FN5OS/c1-26-11-16(19(25-26)14-4-6-15(21)7-5-14)17-12-28-20(23-17)24-18(27)9-13-3-2-8-22-10-13/h2-8,10-12H,9H2,1H3,(H,23,24,27). The zero-order valence-corrected chi connectivity index (χ0v) is 15.8. The summed E-state index contributed by atoms with van der Waals surface area (Å²) in [6.45, 7) is 0. The minimum absolute atomic E-state index is 0.154. The number of carbonyl (C=O) groups excluding carboxylic acids is 1. The van der Waals surface area contributed by atoms with Gasteiger partial charge in [0.2, 0.25) is 5.91 Å². The Morgan fingerprint density at radius 3 is 2.82 bits per heavy atom. The van der Waals surface area contributed by atoms with Crippen molar-refractivity contribution in [1.82, 2.24) is 19.7 Å². The molecule has 3 heterocycles. The molecule has 1 aromatic carbocycles. The summed E-state index contributed by atoms with van der Waals surface area (Å²) in [4.78, 5) is 20.8. The zero-order valence-electron chi connectivity index (χ0n) is 15.0. The smallest absolute Gasteiger partial charge is 0.230 e. The lowest BCUT2D eigenvalue weighted by molar-refractivity contribution is -0.115. The number of aryl methyl sites for hydroxylation is 1. The second-order valence-corrected chi connectivity index (χ2v) is 7.05. The topological polar surface area (TPSA) is 72.7 Å². The highest BCUT2D eigenvalue weighted by Gasteiger charge is 2.16. The van der Waals surface area contributed by atoms with E-state index in [1.807, 2.05) is 24.7 Å². The number of anilines is 1. The highest BCUT2D eigenvalue weighted by Crippen LogP contribution is 2.32. The second kappa shape index (κ2) is 7.69. The predicted octanol–water partition coefficient (Wildman–Crippen LogP) is 3.93. The van der Waals surface area contributed by atoms with E-state index < -0.39 is 0 Å². The number of pyridine rings is 1. The molecule has 0 bridgehead atoms. The molecular weight excluding hydrogens is 377 g/mol. The minimum atomic E-state index is -0.298. The normalized spacial score (nSPS) is 10.8. The fraction of sp³-hybridized carbons (Fsp3) is 0.100. The quantitative estimate of drug-likeness (QED) is 0.558. The first-order valence-electron chi connectivity index (χ1n) is 8.53. The number of hydrogen-bond acceptors (Lipinski definition) is 5. The summed E-state index contributed by atoms with van der Waals surface area (Å²) in [5, 5.41) is 9.67. The molecule has 0 aliphatic rings. The number of benzene rings is 1. The Kier molecular flexibility index (Phi) is 4.94. The van der Waals surface area contributed by atoms with Gasteiger partial charge in [0.25, 0.3) is 0 Å². The molecule has 3 aromatic heterocycles. The zero-order chi connectivity index (χ0) is 19.5. The molecule has 1 amide bonds. The molecule has 0 radical (unpaired) electrons. The van der Waals surface area contributed by atoms with Crippen molar-refractivity contribution in [1.29, 1.82) is 0 Å². The maximum absolute atomic E-state index is 13.2. The van der Waals surface area contributed by atoms with Gasteiger partial charge in [-0.15, -0.1) is 11.3 Å². The first-order chi connectivity index (χ1) is 13.6. The Hall–Kier alpha value is -3.39. The van der Waals surface area contributed by atoms with Crippen LogP contribution in [-0.2, 0) is 18.3 Å². The maximum Gasteiger partial charge on any atom is 0.230 e. The Labute approximate surface area is 164 Å². The molecule has 6 nitrogen and oxygen atoms in total. The number of halogens is 1.